The van der Waals surface area contributed by atoms with Crippen molar-refractivity contribution in [3.8, 4) is 17.6 Å². The van der Waals surface area contributed by atoms with Crippen molar-refractivity contribution in [3.05, 3.63) is 105 Å². The molecule has 1 aromatic heterocycles. The number of hydrogen-bond donors (Lipinski definition) is 1. The number of nitrogens with zero attached hydrogens (tertiary/aromatic N) is 1. The van der Waals surface area contributed by atoms with E-state index in [0.717, 1.165) is 22.1 Å². The second kappa shape index (κ2) is 8.29. The predicted molar refractivity (Wildman–Crippen MR) is 128 cm³/mol. The predicted octanol–water partition coefficient (Wildman–Crippen LogP) is 6.14. The van der Waals surface area contributed by atoms with E-state index in [2.05, 4.69) is 6.07 Å². The Morgan fingerprint density at radius 1 is 1.09 bits per heavy atom. The number of furan rings is 1. The average Bonchev–Trinajstić information content (AvgIpc) is 3.14. The number of ether oxygens (including phenoxy) is 2. The summed E-state index contributed by atoms with van der Waals surface area (Å²) in [5, 5.41) is 11.2. The smallest absolute Gasteiger partial charge is 0.379 e. The lowest BCUT2D eigenvalue weighted by Crippen LogP contribution is -2.21. The molecule has 0 aliphatic carbocycles. The van der Waals surface area contributed by atoms with Crippen molar-refractivity contribution in [1.29, 1.82) is 5.26 Å². The van der Waals surface area contributed by atoms with Crippen LogP contribution in [-0.2, 0) is 0 Å². The molecule has 7 heteroatoms. The van der Waals surface area contributed by atoms with E-state index in [1.165, 1.54) is 0 Å². The summed E-state index contributed by atoms with van der Waals surface area (Å²) in [5.74, 6) is -0.234. The Balaban J connectivity index is 1.49. The van der Waals surface area contributed by atoms with E-state index in [9.17, 15) is 10.1 Å². The summed E-state index contributed by atoms with van der Waals surface area (Å²) in [6, 6.07) is 20.1. The van der Waals surface area contributed by atoms with Crippen LogP contribution in [0.4, 0.5) is 0 Å². The number of carbonyl (C=O) groups is 1. The number of nitrogens with two attached hydrogens (primary N) is 1. The van der Waals surface area contributed by atoms with Crippen LogP contribution in [0.25, 0.3) is 11.0 Å². The highest BCUT2D eigenvalue weighted by molar-refractivity contribution is 6.30. The van der Waals surface area contributed by atoms with Gasteiger partial charge in [0.25, 0.3) is 0 Å². The lowest BCUT2D eigenvalue weighted by Gasteiger charge is -2.26. The van der Waals surface area contributed by atoms with Crippen LogP contribution in [0, 0.1) is 25.2 Å². The molecule has 6 nitrogen and oxygen atoms in total. The number of halogens is 1. The van der Waals surface area contributed by atoms with Crippen LogP contribution in [0.3, 0.4) is 0 Å². The van der Waals surface area contributed by atoms with Gasteiger partial charge in [-0.05, 0) is 49.2 Å². The molecule has 0 saturated heterocycles. The fourth-order valence-corrected chi connectivity index (χ4v) is 4.30. The van der Waals surface area contributed by atoms with Crippen LogP contribution in [0.1, 0.15) is 38.7 Å². The van der Waals surface area contributed by atoms with Crippen molar-refractivity contribution in [3.63, 3.8) is 0 Å². The van der Waals surface area contributed by atoms with Gasteiger partial charge >= 0.3 is 5.97 Å². The van der Waals surface area contributed by atoms with Gasteiger partial charge in [-0.25, -0.2) is 4.79 Å². The Bertz CT molecular complexity index is 1530. The Morgan fingerprint density at radius 3 is 2.59 bits per heavy atom. The second-order valence-electron chi connectivity index (χ2n) is 8.12. The highest BCUT2D eigenvalue weighted by Crippen LogP contribution is 2.43. The van der Waals surface area contributed by atoms with E-state index in [1.807, 2.05) is 44.2 Å². The molecule has 0 bridgehead atoms. The molecule has 1 aliphatic rings. The second-order valence-corrected chi connectivity index (χ2v) is 8.56. The minimum Gasteiger partial charge on any atom is -0.449 e. The number of aryl methyl sites for hydroxylation is 2. The molecule has 1 aliphatic heterocycles. The lowest BCUT2D eigenvalue weighted by molar-refractivity contribution is 0.0702. The van der Waals surface area contributed by atoms with Crippen LogP contribution in [-0.4, -0.2) is 5.97 Å². The molecule has 0 spiro atoms. The number of allylic oxidation sites excluding steroid dienone is 1. The highest BCUT2D eigenvalue weighted by Gasteiger charge is 2.31. The van der Waals surface area contributed by atoms with Crippen molar-refractivity contribution in [2.75, 3.05) is 0 Å². The Kier molecular flexibility index (Phi) is 5.27. The third kappa shape index (κ3) is 3.66. The molecule has 2 heterocycles. The number of esters is 1. The van der Waals surface area contributed by atoms with Crippen LogP contribution >= 0.6 is 11.6 Å². The molecule has 3 aromatic carbocycles. The molecule has 0 saturated carbocycles. The number of benzene rings is 3. The SMILES string of the molecule is Cc1ccc2c(C)c(C(=O)Oc3ccc4c(c3)OC(N)=C(C#N)C4c3ccc(Cl)cc3)oc2c1. The standard InChI is InChI=1S/C27H19ClN2O4/c1-14-3-9-19-15(2)25(33-22(19)11-14)27(31)32-18-8-10-20-23(12-18)34-26(30)21(13-29)24(20)16-4-6-17(28)7-5-16/h3-12,24H,30H2,1-2H3. The quantitative estimate of drug-likeness (QED) is 0.285. The van der Waals surface area contributed by atoms with E-state index in [4.69, 9.17) is 31.2 Å². The first-order chi connectivity index (χ1) is 16.4. The maximum atomic E-state index is 12.9. The molecule has 2 N–H and O–H groups in total. The number of fused-ring (bicyclic) bond motifs is 2. The van der Waals surface area contributed by atoms with Crippen molar-refractivity contribution in [2.24, 2.45) is 5.73 Å². The molecule has 34 heavy (non-hydrogen) atoms. The summed E-state index contributed by atoms with van der Waals surface area (Å²) >= 11 is 6.03. The van der Waals surface area contributed by atoms with Gasteiger partial charge in [0.05, 0.1) is 5.92 Å². The van der Waals surface area contributed by atoms with Gasteiger partial charge < -0.3 is 19.6 Å². The van der Waals surface area contributed by atoms with Crippen LogP contribution in [0.15, 0.2) is 76.5 Å². The third-order valence-electron chi connectivity index (χ3n) is 5.88. The van der Waals surface area contributed by atoms with Gasteiger partial charge in [-0.2, -0.15) is 5.26 Å². The third-order valence-corrected chi connectivity index (χ3v) is 6.14. The minimum atomic E-state index is -0.613. The van der Waals surface area contributed by atoms with Gasteiger partial charge in [-0.15, -0.1) is 0 Å². The van der Waals surface area contributed by atoms with Gasteiger partial charge in [-0.1, -0.05) is 41.9 Å². The molecule has 1 atom stereocenters. The minimum absolute atomic E-state index is 0.00178. The van der Waals surface area contributed by atoms with Gasteiger partial charge in [-0.3, -0.25) is 0 Å². The molecular weight excluding hydrogens is 452 g/mol. The molecule has 5 rings (SSSR count). The number of hydrogen-bond acceptors (Lipinski definition) is 6. The fraction of sp³-hybridized carbons (Fsp3) is 0.111. The molecule has 1 unspecified atom stereocenters. The summed E-state index contributed by atoms with van der Waals surface area (Å²) in [5.41, 5.74) is 10.3. The Morgan fingerprint density at radius 2 is 1.85 bits per heavy atom. The maximum absolute atomic E-state index is 12.9. The van der Waals surface area contributed by atoms with Crippen LogP contribution in [0.5, 0.6) is 11.5 Å². The van der Waals surface area contributed by atoms with Gasteiger partial charge in [0.15, 0.2) is 0 Å². The topological polar surface area (TPSA) is 98.5 Å². The first-order valence-electron chi connectivity index (χ1n) is 10.5. The van der Waals surface area contributed by atoms with E-state index < -0.39 is 11.9 Å². The molecule has 0 fully saturated rings. The van der Waals surface area contributed by atoms with E-state index >= 15 is 0 Å². The van der Waals surface area contributed by atoms with Gasteiger partial charge in [0, 0.05) is 27.6 Å². The van der Waals surface area contributed by atoms with E-state index in [1.54, 1.807) is 30.3 Å². The van der Waals surface area contributed by atoms with Crippen molar-refractivity contribution >= 4 is 28.5 Å². The summed E-state index contributed by atoms with van der Waals surface area (Å²) in [6.07, 6.45) is 0. The van der Waals surface area contributed by atoms with Gasteiger partial charge in [0.2, 0.25) is 11.6 Å². The van der Waals surface area contributed by atoms with Crippen molar-refractivity contribution in [1.82, 2.24) is 0 Å². The van der Waals surface area contributed by atoms with Crippen molar-refractivity contribution < 1.29 is 18.7 Å². The largest absolute Gasteiger partial charge is 0.449 e. The van der Waals surface area contributed by atoms with Gasteiger partial charge in [0.1, 0.15) is 28.7 Å². The van der Waals surface area contributed by atoms with Crippen LogP contribution < -0.4 is 15.2 Å². The number of nitriles is 1. The zero-order valence-electron chi connectivity index (χ0n) is 18.4. The lowest BCUT2D eigenvalue weighted by atomic mass is 9.83. The van der Waals surface area contributed by atoms with E-state index in [-0.39, 0.29) is 17.4 Å². The average molecular weight is 471 g/mol. The molecule has 168 valence electrons. The number of carbonyl (C=O) groups excluding carboxylic acids is 1. The first-order valence-corrected chi connectivity index (χ1v) is 10.9. The summed E-state index contributed by atoms with van der Waals surface area (Å²) in [6.45, 7) is 3.77. The zero-order valence-corrected chi connectivity index (χ0v) is 19.1. The first kappa shape index (κ1) is 21.6. The van der Waals surface area contributed by atoms with E-state index in [0.29, 0.717) is 27.5 Å². The summed E-state index contributed by atoms with van der Waals surface area (Å²) in [4.78, 5) is 12.9. The highest BCUT2D eigenvalue weighted by atomic mass is 35.5. The fourth-order valence-electron chi connectivity index (χ4n) is 4.18. The molecule has 0 amide bonds. The zero-order chi connectivity index (χ0) is 24.0. The van der Waals surface area contributed by atoms with Crippen LogP contribution in [0.2, 0.25) is 5.02 Å². The maximum Gasteiger partial charge on any atom is 0.379 e. The molecule has 4 aromatic rings. The Labute approximate surface area is 200 Å². The molecule has 0 radical (unpaired) electrons. The summed E-state index contributed by atoms with van der Waals surface area (Å²) < 4.78 is 17.1. The number of rotatable bonds is 3. The summed E-state index contributed by atoms with van der Waals surface area (Å²) in [7, 11) is 0. The molecular formula is C27H19ClN2O4. The van der Waals surface area contributed by atoms with Crippen molar-refractivity contribution in [2.45, 2.75) is 19.8 Å². The monoisotopic (exact) mass is 470 g/mol. The normalized spacial score (nSPS) is 14.9. The Hall–Kier alpha value is -4.21.